The van der Waals surface area contributed by atoms with Crippen molar-refractivity contribution in [2.24, 2.45) is 17.8 Å². The van der Waals surface area contributed by atoms with Crippen LogP contribution in [0.5, 0.6) is 34.5 Å². The third-order valence-electron chi connectivity index (χ3n) is 10.4. The molecule has 3 aromatic carbocycles. The monoisotopic (exact) mass is 906 g/mol. The van der Waals surface area contributed by atoms with E-state index in [2.05, 4.69) is 69.6 Å². The number of hydrogen-bond acceptors (Lipinski definition) is 9. The highest BCUT2D eigenvalue weighted by Gasteiger charge is 2.08. The molecule has 3 aromatic rings. The first kappa shape index (κ1) is 57.6. The number of nitrogens with one attached hydrogen (secondary N) is 3. The van der Waals surface area contributed by atoms with Gasteiger partial charge in [0.05, 0.1) is 21.3 Å². The lowest BCUT2D eigenvalue weighted by molar-refractivity contribution is -0.122. The van der Waals surface area contributed by atoms with Gasteiger partial charge in [0, 0.05) is 38.9 Å². The van der Waals surface area contributed by atoms with Crippen LogP contribution in [0.1, 0.15) is 155 Å². The van der Waals surface area contributed by atoms with Gasteiger partial charge in [0.25, 0.3) is 0 Å². The summed E-state index contributed by atoms with van der Waals surface area (Å²) >= 11 is 0. The van der Waals surface area contributed by atoms with E-state index in [9.17, 15) is 29.7 Å². The number of ether oxygens (including phenoxy) is 3. The van der Waals surface area contributed by atoms with E-state index >= 15 is 0 Å². The van der Waals surface area contributed by atoms with Crippen LogP contribution in [-0.2, 0) is 34.0 Å². The minimum Gasteiger partial charge on any atom is -0.504 e. The zero-order valence-corrected chi connectivity index (χ0v) is 41.1. The molecule has 0 unspecified atom stereocenters. The Balaban J connectivity index is 0.000000488. The Labute approximate surface area is 390 Å². The Morgan fingerprint density at radius 1 is 0.492 bits per heavy atom. The molecule has 0 spiro atoms. The summed E-state index contributed by atoms with van der Waals surface area (Å²) in [7, 11) is 4.52. The van der Waals surface area contributed by atoms with E-state index in [1.165, 1.54) is 53.4 Å². The molecule has 0 aliphatic heterocycles. The summed E-state index contributed by atoms with van der Waals surface area (Å²) in [6.45, 7) is 14.6. The highest BCUT2D eigenvalue weighted by molar-refractivity contribution is 5.76. The Bertz CT molecular complexity index is 1810. The number of allylic oxidation sites excluding steroid dienone is 2. The zero-order valence-electron chi connectivity index (χ0n) is 41.1. The van der Waals surface area contributed by atoms with Crippen LogP contribution in [0.4, 0.5) is 0 Å². The molecule has 12 nitrogen and oxygen atoms in total. The normalized spacial score (nSPS) is 10.8. The molecule has 0 bridgehead atoms. The number of hydrogen-bond donors (Lipinski definition) is 6. The van der Waals surface area contributed by atoms with Crippen molar-refractivity contribution in [3.8, 4) is 34.5 Å². The molecule has 0 heterocycles. The van der Waals surface area contributed by atoms with Gasteiger partial charge in [0.1, 0.15) is 0 Å². The van der Waals surface area contributed by atoms with Crippen LogP contribution in [0.2, 0.25) is 0 Å². The molecule has 3 amide bonds. The Kier molecular flexibility index (Phi) is 31.0. The van der Waals surface area contributed by atoms with Gasteiger partial charge >= 0.3 is 0 Å². The predicted octanol–water partition coefficient (Wildman–Crippen LogP) is 11.4. The van der Waals surface area contributed by atoms with Crippen LogP contribution >= 0.6 is 0 Å². The predicted molar refractivity (Wildman–Crippen MR) is 262 cm³/mol. The van der Waals surface area contributed by atoms with Gasteiger partial charge in [0.2, 0.25) is 17.7 Å². The van der Waals surface area contributed by atoms with E-state index in [4.69, 9.17) is 14.2 Å². The van der Waals surface area contributed by atoms with Gasteiger partial charge in [-0.2, -0.15) is 0 Å². The first-order chi connectivity index (χ1) is 31.1. The summed E-state index contributed by atoms with van der Waals surface area (Å²) in [5.74, 6) is 3.90. The fraction of sp³-hybridized carbons (Fsp3) is 0.566. The lowest BCUT2D eigenvalue weighted by atomic mass is 10.0. The van der Waals surface area contributed by atoms with E-state index in [0.717, 1.165) is 73.5 Å². The van der Waals surface area contributed by atoms with Crippen molar-refractivity contribution in [1.82, 2.24) is 16.0 Å². The summed E-state index contributed by atoms with van der Waals surface area (Å²) in [5, 5.41) is 37.2. The molecule has 0 radical (unpaired) electrons. The number of aromatic hydroxyl groups is 3. The lowest BCUT2D eigenvalue weighted by Gasteiger charge is -2.08. The summed E-state index contributed by atoms with van der Waals surface area (Å²) in [5.41, 5.74) is 2.74. The third-order valence-corrected chi connectivity index (χ3v) is 10.4. The van der Waals surface area contributed by atoms with E-state index in [1.54, 1.807) is 54.6 Å². The number of carbonyl (C=O) groups excluding carboxylic acids is 3. The SMILES string of the molecule is COc1cc(CNC(=O)CCCC/C=C/C(C)C)ccc1O.COc1cc(CNC(=O)CCCCCC(C)C)ccc1O.COc1cc(CNC(=O)CCCCCCC(C)C)ccc1O. The molecule has 6 N–H and O–H groups in total. The second-order valence-electron chi connectivity index (χ2n) is 17.6. The summed E-state index contributed by atoms with van der Waals surface area (Å²) in [6, 6.07) is 15.3. The molecule has 0 saturated heterocycles. The van der Waals surface area contributed by atoms with Crippen LogP contribution < -0.4 is 30.2 Å². The van der Waals surface area contributed by atoms with Crippen LogP contribution in [0, 0.1) is 17.8 Å². The number of carbonyl (C=O) groups is 3. The molecule has 65 heavy (non-hydrogen) atoms. The second-order valence-corrected chi connectivity index (χ2v) is 17.6. The van der Waals surface area contributed by atoms with E-state index in [-0.39, 0.29) is 35.0 Å². The molecule has 12 heteroatoms. The van der Waals surface area contributed by atoms with Crippen LogP contribution in [0.3, 0.4) is 0 Å². The zero-order chi connectivity index (χ0) is 48.4. The van der Waals surface area contributed by atoms with Crippen molar-refractivity contribution >= 4 is 17.7 Å². The lowest BCUT2D eigenvalue weighted by Crippen LogP contribution is -2.22. The molecular weight excluding hydrogens is 823 g/mol. The van der Waals surface area contributed by atoms with Gasteiger partial charge in [-0.15, -0.1) is 0 Å². The molecule has 0 aromatic heterocycles. The first-order valence-electron chi connectivity index (χ1n) is 23.6. The molecule has 0 atom stereocenters. The van der Waals surface area contributed by atoms with Crippen molar-refractivity contribution in [1.29, 1.82) is 0 Å². The Morgan fingerprint density at radius 3 is 1.14 bits per heavy atom. The van der Waals surface area contributed by atoms with Crippen molar-refractivity contribution in [3.05, 3.63) is 83.4 Å². The van der Waals surface area contributed by atoms with Gasteiger partial charge in [-0.1, -0.05) is 117 Å². The molecule has 3 rings (SSSR count). The summed E-state index contributed by atoms with van der Waals surface area (Å²) in [6.07, 6.45) is 19.3. The number of methoxy groups -OCH3 is 3. The molecule has 0 aliphatic carbocycles. The van der Waals surface area contributed by atoms with Crippen LogP contribution in [-0.4, -0.2) is 54.4 Å². The van der Waals surface area contributed by atoms with Crippen LogP contribution in [0.25, 0.3) is 0 Å². The van der Waals surface area contributed by atoms with Gasteiger partial charge in [-0.25, -0.2) is 0 Å². The van der Waals surface area contributed by atoms with Crippen molar-refractivity contribution in [2.45, 2.75) is 157 Å². The Morgan fingerprint density at radius 2 is 0.815 bits per heavy atom. The molecular formula is C53H83N3O9. The van der Waals surface area contributed by atoms with Crippen molar-refractivity contribution < 1.29 is 43.9 Å². The van der Waals surface area contributed by atoms with E-state index < -0.39 is 0 Å². The number of unbranched alkanes of at least 4 members (excludes halogenated alkanes) is 7. The molecule has 0 aliphatic rings. The minimum atomic E-state index is 0.0554. The second kappa shape index (κ2) is 34.9. The number of phenols is 3. The third kappa shape index (κ3) is 28.9. The molecule has 0 saturated carbocycles. The number of amides is 3. The first-order valence-corrected chi connectivity index (χ1v) is 23.6. The maximum Gasteiger partial charge on any atom is 0.220 e. The highest BCUT2D eigenvalue weighted by atomic mass is 16.5. The topological polar surface area (TPSA) is 176 Å². The smallest absolute Gasteiger partial charge is 0.220 e. The van der Waals surface area contributed by atoms with Crippen LogP contribution in [0.15, 0.2) is 66.7 Å². The number of benzene rings is 3. The fourth-order valence-electron chi connectivity index (χ4n) is 6.49. The average Bonchev–Trinajstić information content (AvgIpc) is 3.27. The Hall–Kier alpha value is -5.39. The summed E-state index contributed by atoms with van der Waals surface area (Å²) < 4.78 is 15.1. The van der Waals surface area contributed by atoms with Gasteiger partial charge in [-0.05, 0) is 103 Å². The van der Waals surface area contributed by atoms with Crippen molar-refractivity contribution in [3.63, 3.8) is 0 Å². The average molecular weight is 906 g/mol. The molecule has 364 valence electrons. The molecule has 0 fully saturated rings. The minimum absolute atomic E-state index is 0.0554. The maximum absolute atomic E-state index is 11.8. The summed E-state index contributed by atoms with van der Waals surface area (Å²) in [4.78, 5) is 35.3. The van der Waals surface area contributed by atoms with E-state index in [1.807, 2.05) is 0 Å². The van der Waals surface area contributed by atoms with Gasteiger partial charge < -0.3 is 45.5 Å². The maximum atomic E-state index is 11.8. The quantitative estimate of drug-likeness (QED) is 0.0306. The highest BCUT2D eigenvalue weighted by Crippen LogP contribution is 2.28. The standard InChI is InChI=1S/C18H29NO3.C18H27NO3.C17H27NO3/c2*1-14(2)8-6-4-5-7-9-18(21)19-13-15-10-11-16(20)17(12-15)22-3;1-13(2)7-5-4-6-8-17(20)18-12-14-9-10-15(19)16(11-14)21-3/h10-12,14,20H,4-9,13H2,1-3H3,(H,19,21);6,8,10-12,14,20H,4-5,7,9,13H2,1-3H3,(H,19,21);9-11,13,19H,4-8,12H2,1-3H3,(H,18,20)/b;8-6+;. The number of rotatable bonds is 28. The largest absolute Gasteiger partial charge is 0.504 e. The number of phenolic OH excluding ortho intramolecular Hbond substituents is 3. The van der Waals surface area contributed by atoms with Gasteiger partial charge in [0.15, 0.2) is 34.5 Å². The van der Waals surface area contributed by atoms with Crippen molar-refractivity contribution in [2.75, 3.05) is 21.3 Å². The van der Waals surface area contributed by atoms with E-state index in [0.29, 0.717) is 62.1 Å². The van der Waals surface area contributed by atoms with Gasteiger partial charge in [-0.3, -0.25) is 14.4 Å². The fourth-order valence-corrected chi connectivity index (χ4v) is 6.49.